The van der Waals surface area contributed by atoms with Crippen molar-refractivity contribution in [3.05, 3.63) is 40.8 Å². The number of aromatic nitrogens is 1. The smallest absolute Gasteiger partial charge is 0.253 e. The first-order valence-electron chi connectivity index (χ1n) is 6.23. The number of hydrogen-bond donors (Lipinski definition) is 2. The van der Waals surface area contributed by atoms with Gasteiger partial charge in [-0.1, -0.05) is 6.07 Å². The fourth-order valence-electron chi connectivity index (χ4n) is 1.58. The van der Waals surface area contributed by atoms with Gasteiger partial charge in [0.1, 0.15) is 6.10 Å². The van der Waals surface area contributed by atoms with E-state index in [0.29, 0.717) is 6.54 Å². The molecular weight excluding hydrogens is 274 g/mol. The summed E-state index contributed by atoms with van der Waals surface area (Å²) in [5, 5.41) is 8.07. The number of anilines is 2. The van der Waals surface area contributed by atoms with Crippen molar-refractivity contribution in [2.75, 3.05) is 17.7 Å². The van der Waals surface area contributed by atoms with Crippen molar-refractivity contribution in [3.8, 4) is 0 Å². The average molecular weight is 291 g/mol. The summed E-state index contributed by atoms with van der Waals surface area (Å²) in [4.78, 5) is 15.9. The molecule has 0 unspecified atom stereocenters. The summed E-state index contributed by atoms with van der Waals surface area (Å²) in [6, 6.07) is 7.55. The van der Waals surface area contributed by atoms with E-state index in [1.54, 1.807) is 23.8 Å². The van der Waals surface area contributed by atoms with E-state index in [-0.39, 0.29) is 5.91 Å². The second-order valence-electron chi connectivity index (χ2n) is 4.28. The van der Waals surface area contributed by atoms with Crippen LogP contribution in [-0.4, -0.2) is 24.1 Å². The average Bonchev–Trinajstić information content (AvgIpc) is 2.98. The molecule has 0 aliphatic carbocycles. The molecule has 5 nitrogen and oxygen atoms in total. The van der Waals surface area contributed by atoms with Gasteiger partial charge in [-0.25, -0.2) is 4.98 Å². The third-order valence-corrected chi connectivity index (χ3v) is 3.45. The maximum Gasteiger partial charge on any atom is 0.253 e. The molecule has 0 fully saturated rings. The molecule has 1 atom stereocenters. The lowest BCUT2D eigenvalue weighted by Gasteiger charge is -2.12. The van der Waals surface area contributed by atoms with E-state index in [9.17, 15) is 4.79 Å². The number of ether oxygens (including phenoxy) is 1. The van der Waals surface area contributed by atoms with E-state index in [1.807, 2.05) is 29.6 Å². The summed E-state index contributed by atoms with van der Waals surface area (Å²) >= 11 is 1.57. The number of thiazole rings is 1. The highest BCUT2D eigenvalue weighted by Gasteiger charge is 2.11. The van der Waals surface area contributed by atoms with Crippen LogP contribution in [0.15, 0.2) is 35.2 Å². The molecule has 2 aromatic rings. The first kappa shape index (κ1) is 14.5. The van der Waals surface area contributed by atoms with E-state index in [1.165, 1.54) is 7.11 Å². The Labute approximate surface area is 122 Å². The Morgan fingerprint density at radius 2 is 2.25 bits per heavy atom. The lowest BCUT2D eigenvalue weighted by Crippen LogP contribution is -2.26. The monoisotopic (exact) mass is 291 g/mol. The molecule has 1 aromatic carbocycles. The quantitative estimate of drug-likeness (QED) is 0.859. The van der Waals surface area contributed by atoms with Crippen LogP contribution in [-0.2, 0) is 16.1 Å². The number of amides is 1. The normalized spacial score (nSPS) is 11.9. The van der Waals surface area contributed by atoms with Crippen LogP contribution in [0.1, 0.15) is 12.6 Å². The Kier molecular flexibility index (Phi) is 5.09. The van der Waals surface area contributed by atoms with Gasteiger partial charge in [0.05, 0.1) is 17.7 Å². The summed E-state index contributed by atoms with van der Waals surface area (Å²) in [6.07, 6.45) is -0.471. The molecule has 2 rings (SSSR count). The fourth-order valence-corrected chi connectivity index (χ4v) is 2.13. The van der Waals surface area contributed by atoms with Gasteiger partial charge in [-0.15, -0.1) is 11.3 Å². The summed E-state index contributed by atoms with van der Waals surface area (Å²) in [6.45, 7) is 2.37. The predicted molar refractivity (Wildman–Crippen MR) is 81.0 cm³/mol. The van der Waals surface area contributed by atoms with Crippen LogP contribution in [0.5, 0.6) is 0 Å². The minimum atomic E-state index is -0.471. The molecule has 0 saturated heterocycles. The number of nitrogens with zero attached hydrogens (tertiary/aromatic N) is 1. The minimum absolute atomic E-state index is 0.163. The van der Waals surface area contributed by atoms with Gasteiger partial charge in [0, 0.05) is 23.9 Å². The number of carbonyl (C=O) groups is 1. The number of rotatable bonds is 6. The molecule has 0 aliphatic rings. The van der Waals surface area contributed by atoms with E-state index < -0.39 is 6.10 Å². The Morgan fingerprint density at radius 1 is 1.45 bits per heavy atom. The standard InChI is InChI=1S/C14H17N3O2S/c1-10(19-2)14(18)17-12-5-3-4-11(6-12)15-7-13-8-20-9-16-13/h3-6,8-10,15H,7H2,1-2H3,(H,17,18)/t10-/m1/s1. The van der Waals surface area contributed by atoms with Crippen LogP contribution in [0, 0.1) is 0 Å². The number of carbonyl (C=O) groups excluding carboxylic acids is 1. The van der Waals surface area contributed by atoms with E-state index in [4.69, 9.17) is 4.74 Å². The number of hydrogen-bond acceptors (Lipinski definition) is 5. The van der Waals surface area contributed by atoms with Crippen LogP contribution in [0.4, 0.5) is 11.4 Å². The maximum atomic E-state index is 11.7. The van der Waals surface area contributed by atoms with Gasteiger partial charge in [0.15, 0.2) is 0 Å². The molecule has 0 aliphatic heterocycles. The first-order valence-corrected chi connectivity index (χ1v) is 7.18. The van der Waals surface area contributed by atoms with Crippen molar-refractivity contribution in [2.24, 2.45) is 0 Å². The molecule has 0 spiro atoms. The van der Waals surface area contributed by atoms with Gasteiger partial charge in [0.25, 0.3) is 5.91 Å². The summed E-state index contributed by atoms with van der Waals surface area (Å²) in [5.41, 5.74) is 4.47. The molecule has 0 bridgehead atoms. The molecule has 1 heterocycles. The third-order valence-electron chi connectivity index (χ3n) is 2.81. The van der Waals surface area contributed by atoms with Crippen LogP contribution < -0.4 is 10.6 Å². The zero-order valence-electron chi connectivity index (χ0n) is 11.4. The molecule has 1 aromatic heterocycles. The molecule has 6 heteroatoms. The molecule has 20 heavy (non-hydrogen) atoms. The molecule has 0 saturated carbocycles. The molecule has 0 radical (unpaired) electrons. The second kappa shape index (κ2) is 7.02. The number of benzene rings is 1. The van der Waals surface area contributed by atoms with Gasteiger partial charge in [-0.3, -0.25) is 4.79 Å². The van der Waals surface area contributed by atoms with Crippen molar-refractivity contribution >= 4 is 28.6 Å². The van der Waals surface area contributed by atoms with Crippen LogP contribution >= 0.6 is 11.3 Å². The van der Waals surface area contributed by atoms with Gasteiger partial charge >= 0.3 is 0 Å². The van der Waals surface area contributed by atoms with Crippen molar-refractivity contribution in [3.63, 3.8) is 0 Å². The van der Waals surface area contributed by atoms with Crippen molar-refractivity contribution in [1.82, 2.24) is 4.98 Å². The Hall–Kier alpha value is -1.92. The van der Waals surface area contributed by atoms with Crippen LogP contribution in [0.3, 0.4) is 0 Å². The topological polar surface area (TPSA) is 63.2 Å². The third kappa shape index (κ3) is 4.04. The van der Waals surface area contributed by atoms with E-state index >= 15 is 0 Å². The molecule has 1 amide bonds. The Balaban J connectivity index is 1.95. The van der Waals surface area contributed by atoms with Crippen molar-refractivity contribution in [2.45, 2.75) is 19.6 Å². The van der Waals surface area contributed by atoms with E-state index in [2.05, 4.69) is 15.6 Å². The zero-order chi connectivity index (χ0) is 14.4. The fraction of sp³-hybridized carbons (Fsp3) is 0.286. The lowest BCUT2D eigenvalue weighted by molar-refractivity contribution is -0.124. The summed E-state index contributed by atoms with van der Waals surface area (Å²) in [7, 11) is 1.51. The second-order valence-corrected chi connectivity index (χ2v) is 5.00. The van der Waals surface area contributed by atoms with Crippen molar-refractivity contribution in [1.29, 1.82) is 0 Å². The number of methoxy groups -OCH3 is 1. The molecular formula is C14H17N3O2S. The van der Waals surface area contributed by atoms with E-state index in [0.717, 1.165) is 17.1 Å². The minimum Gasteiger partial charge on any atom is -0.379 e. The highest BCUT2D eigenvalue weighted by Crippen LogP contribution is 2.16. The zero-order valence-corrected chi connectivity index (χ0v) is 12.2. The SMILES string of the molecule is CO[C@H](C)C(=O)Nc1cccc(NCc2cscn2)c1. The Morgan fingerprint density at radius 3 is 2.95 bits per heavy atom. The maximum absolute atomic E-state index is 11.7. The molecule has 106 valence electrons. The van der Waals surface area contributed by atoms with Gasteiger partial charge in [-0.2, -0.15) is 0 Å². The highest BCUT2D eigenvalue weighted by molar-refractivity contribution is 7.07. The van der Waals surface area contributed by atoms with Gasteiger partial charge in [-0.05, 0) is 25.1 Å². The summed E-state index contributed by atoms with van der Waals surface area (Å²) in [5.74, 6) is -0.163. The van der Waals surface area contributed by atoms with Gasteiger partial charge < -0.3 is 15.4 Å². The number of nitrogens with one attached hydrogen (secondary N) is 2. The Bertz CT molecular complexity index is 557. The first-order chi connectivity index (χ1) is 9.69. The van der Waals surface area contributed by atoms with Gasteiger partial charge in [0.2, 0.25) is 0 Å². The largest absolute Gasteiger partial charge is 0.379 e. The highest BCUT2D eigenvalue weighted by atomic mass is 32.1. The molecule has 2 N–H and O–H groups in total. The van der Waals surface area contributed by atoms with Crippen LogP contribution in [0.25, 0.3) is 0 Å². The van der Waals surface area contributed by atoms with Crippen molar-refractivity contribution < 1.29 is 9.53 Å². The predicted octanol–water partition coefficient (Wildman–Crippen LogP) is 2.73. The lowest BCUT2D eigenvalue weighted by atomic mass is 10.2. The van der Waals surface area contributed by atoms with Crippen LogP contribution in [0.2, 0.25) is 0 Å². The summed E-state index contributed by atoms with van der Waals surface area (Å²) < 4.78 is 4.98.